The number of hydrogen-bond donors (Lipinski definition) is 2. The van der Waals surface area contributed by atoms with Crippen LogP contribution in [-0.4, -0.2) is 37.7 Å². The second-order valence-electron chi connectivity index (χ2n) is 4.37. The minimum Gasteiger partial charge on any atom is -0.380 e. The molecule has 2 N–H and O–H groups in total. The largest absolute Gasteiger partial charge is 0.380 e. The molecular weight excluding hydrogens is 387 g/mol. The van der Waals surface area contributed by atoms with E-state index in [4.69, 9.17) is 4.74 Å². The molecule has 7 heteroatoms. The van der Waals surface area contributed by atoms with Crippen molar-refractivity contribution in [2.24, 2.45) is 4.99 Å². The molecule has 0 unspecified atom stereocenters. The molecule has 0 aliphatic heterocycles. The fraction of sp³-hybridized carbons (Fsp3) is 0.692. The number of halogens is 1. The topological polar surface area (TPSA) is 58.5 Å². The van der Waals surface area contributed by atoms with Crippen LogP contribution in [0.5, 0.6) is 0 Å². The van der Waals surface area contributed by atoms with Crippen LogP contribution < -0.4 is 10.6 Å². The lowest BCUT2D eigenvalue weighted by Crippen LogP contribution is -2.38. The molecule has 0 bridgehead atoms. The van der Waals surface area contributed by atoms with E-state index in [2.05, 4.69) is 39.8 Å². The van der Waals surface area contributed by atoms with Gasteiger partial charge in [-0.05, 0) is 12.8 Å². The smallest absolute Gasteiger partial charge is 0.191 e. The van der Waals surface area contributed by atoms with Crippen molar-refractivity contribution in [2.45, 2.75) is 33.2 Å². The molecule has 0 radical (unpaired) electrons. The first-order valence-corrected chi connectivity index (χ1v) is 7.51. The van der Waals surface area contributed by atoms with Gasteiger partial charge in [-0.25, -0.2) is 4.98 Å². The van der Waals surface area contributed by atoms with Crippen LogP contribution in [-0.2, 0) is 11.3 Å². The number of thiazole rings is 1. The highest BCUT2D eigenvalue weighted by Gasteiger charge is 2.06. The third kappa shape index (κ3) is 7.39. The average molecular weight is 412 g/mol. The first-order chi connectivity index (χ1) is 9.17. The molecule has 1 aromatic rings. The minimum atomic E-state index is 0. The highest BCUT2D eigenvalue weighted by Crippen LogP contribution is 2.17. The van der Waals surface area contributed by atoms with Gasteiger partial charge in [-0.2, -0.15) is 0 Å². The van der Waals surface area contributed by atoms with Gasteiger partial charge in [-0.15, -0.1) is 35.3 Å². The molecule has 0 aliphatic rings. The Bertz CT molecular complexity index is 395. The molecule has 0 saturated carbocycles. The third-order valence-corrected chi connectivity index (χ3v) is 3.40. The van der Waals surface area contributed by atoms with Crippen molar-refractivity contribution in [3.8, 4) is 0 Å². The van der Waals surface area contributed by atoms with Crippen molar-refractivity contribution in [1.82, 2.24) is 15.6 Å². The summed E-state index contributed by atoms with van der Waals surface area (Å²) < 4.78 is 5.27. The highest BCUT2D eigenvalue weighted by molar-refractivity contribution is 14.0. The lowest BCUT2D eigenvalue weighted by molar-refractivity contribution is 0.152. The van der Waals surface area contributed by atoms with E-state index in [1.165, 1.54) is 0 Å². The normalized spacial score (nSPS) is 11.3. The van der Waals surface area contributed by atoms with Gasteiger partial charge < -0.3 is 15.4 Å². The fourth-order valence-corrected chi connectivity index (χ4v) is 2.33. The molecular formula is C13H25IN4OS. The third-order valence-electron chi connectivity index (χ3n) is 2.53. The molecule has 0 amide bonds. The van der Waals surface area contributed by atoms with Gasteiger partial charge in [0.05, 0.1) is 18.8 Å². The SMILES string of the molecule is CCOCCNC(=NC)NCc1nc(C(C)C)cs1.I. The number of aliphatic imine (C=N–C) groups is 1. The highest BCUT2D eigenvalue weighted by atomic mass is 127. The lowest BCUT2D eigenvalue weighted by atomic mass is 10.2. The van der Waals surface area contributed by atoms with Crippen molar-refractivity contribution in [2.75, 3.05) is 26.8 Å². The molecule has 20 heavy (non-hydrogen) atoms. The quantitative estimate of drug-likeness (QED) is 0.313. The lowest BCUT2D eigenvalue weighted by Gasteiger charge is -2.10. The van der Waals surface area contributed by atoms with E-state index in [0.29, 0.717) is 19.1 Å². The summed E-state index contributed by atoms with van der Waals surface area (Å²) in [6, 6.07) is 0. The predicted molar refractivity (Wildman–Crippen MR) is 96.3 cm³/mol. The first-order valence-electron chi connectivity index (χ1n) is 6.64. The minimum absolute atomic E-state index is 0. The van der Waals surface area contributed by atoms with Crippen molar-refractivity contribution < 1.29 is 4.74 Å². The molecule has 0 spiro atoms. The fourth-order valence-electron chi connectivity index (χ4n) is 1.44. The van der Waals surface area contributed by atoms with E-state index < -0.39 is 0 Å². The van der Waals surface area contributed by atoms with E-state index >= 15 is 0 Å². The molecule has 0 saturated heterocycles. The Hall–Kier alpha value is -0.410. The van der Waals surface area contributed by atoms with Crippen LogP contribution in [0.4, 0.5) is 0 Å². The van der Waals surface area contributed by atoms with Crippen molar-refractivity contribution in [3.05, 3.63) is 16.1 Å². The summed E-state index contributed by atoms with van der Waals surface area (Å²) in [5.41, 5.74) is 1.15. The summed E-state index contributed by atoms with van der Waals surface area (Å²) in [7, 11) is 1.76. The molecule has 0 aliphatic carbocycles. The zero-order chi connectivity index (χ0) is 14.1. The van der Waals surface area contributed by atoms with E-state index in [-0.39, 0.29) is 24.0 Å². The van der Waals surface area contributed by atoms with E-state index in [1.54, 1.807) is 18.4 Å². The monoisotopic (exact) mass is 412 g/mol. The number of nitrogens with one attached hydrogen (secondary N) is 2. The zero-order valence-corrected chi connectivity index (χ0v) is 15.7. The maximum atomic E-state index is 5.27. The molecule has 0 aromatic carbocycles. The first kappa shape index (κ1) is 19.6. The molecule has 5 nitrogen and oxygen atoms in total. The van der Waals surface area contributed by atoms with Gasteiger partial charge in [0.25, 0.3) is 0 Å². The number of rotatable bonds is 7. The summed E-state index contributed by atoms with van der Waals surface area (Å²) in [6.45, 7) is 9.17. The Morgan fingerprint density at radius 3 is 2.75 bits per heavy atom. The van der Waals surface area contributed by atoms with Crippen LogP contribution in [0.3, 0.4) is 0 Å². The number of aromatic nitrogens is 1. The van der Waals surface area contributed by atoms with E-state index in [1.807, 2.05) is 6.92 Å². The Morgan fingerprint density at radius 2 is 2.20 bits per heavy atom. The standard InChI is InChI=1S/C13H24N4OS.HI/c1-5-18-7-6-15-13(14-4)16-8-12-17-11(9-19-12)10(2)3;/h9-10H,5-8H2,1-4H3,(H2,14,15,16);1H. The number of guanidine groups is 1. The van der Waals surface area contributed by atoms with Crippen molar-refractivity contribution in [1.29, 1.82) is 0 Å². The summed E-state index contributed by atoms with van der Waals surface area (Å²) in [5, 5.41) is 9.64. The van der Waals surface area contributed by atoms with Gasteiger partial charge in [-0.3, -0.25) is 4.99 Å². The second kappa shape index (κ2) is 11.3. The van der Waals surface area contributed by atoms with E-state index in [9.17, 15) is 0 Å². The molecule has 0 fully saturated rings. The maximum absolute atomic E-state index is 5.27. The Kier molecular flexibility index (Phi) is 11.0. The van der Waals surface area contributed by atoms with Gasteiger partial charge in [0.1, 0.15) is 5.01 Å². The number of nitrogens with zero attached hydrogens (tertiary/aromatic N) is 2. The Morgan fingerprint density at radius 1 is 1.45 bits per heavy atom. The van der Waals surface area contributed by atoms with Gasteiger partial charge in [0, 0.05) is 25.6 Å². The summed E-state index contributed by atoms with van der Waals surface area (Å²) in [5.74, 6) is 1.26. The van der Waals surface area contributed by atoms with Gasteiger partial charge in [-0.1, -0.05) is 13.8 Å². The average Bonchev–Trinajstić information content (AvgIpc) is 2.87. The van der Waals surface area contributed by atoms with Crippen molar-refractivity contribution >= 4 is 41.3 Å². The predicted octanol–water partition coefficient (Wildman–Crippen LogP) is 2.59. The van der Waals surface area contributed by atoms with Gasteiger partial charge in [0.15, 0.2) is 5.96 Å². The number of ether oxygens (including phenoxy) is 1. The van der Waals surface area contributed by atoms with Crippen LogP contribution in [0, 0.1) is 0 Å². The van der Waals surface area contributed by atoms with Gasteiger partial charge in [0.2, 0.25) is 0 Å². The van der Waals surface area contributed by atoms with Gasteiger partial charge >= 0.3 is 0 Å². The molecule has 116 valence electrons. The van der Waals surface area contributed by atoms with Crippen LogP contribution in [0.2, 0.25) is 0 Å². The van der Waals surface area contributed by atoms with Crippen LogP contribution in [0.1, 0.15) is 37.4 Å². The summed E-state index contributed by atoms with van der Waals surface area (Å²) in [4.78, 5) is 8.73. The molecule has 0 atom stereocenters. The Labute approximate surface area is 142 Å². The van der Waals surface area contributed by atoms with Crippen molar-refractivity contribution in [3.63, 3.8) is 0 Å². The van der Waals surface area contributed by atoms with E-state index in [0.717, 1.165) is 29.8 Å². The molecule has 1 heterocycles. The second-order valence-corrected chi connectivity index (χ2v) is 5.31. The van der Waals surface area contributed by atoms with Crippen LogP contribution in [0.25, 0.3) is 0 Å². The zero-order valence-electron chi connectivity index (χ0n) is 12.6. The molecule has 1 rings (SSSR count). The maximum Gasteiger partial charge on any atom is 0.191 e. The summed E-state index contributed by atoms with van der Waals surface area (Å²) >= 11 is 1.68. The number of hydrogen-bond acceptors (Lipinski definition) is 4. The Balaban J connectivity index is 0.00000361. The van der Waals surface area contributed by atoms with Crippen LogP contribution >= 0.6 is 35.3 Å². The molecule has 1 aromatic heterocycles. The van der Waals surface area contributed by atoms with Crippen LogP contribution in [0.15, 0.2) is 10.4 Å². The summed E-state index contributed by atoms with van der Waals surface area (Å²) in [6.07, 6.45) is 0.